The first-order valence-corrected chi connectivity index (χ1v) is 8.01. The van der Waals surface area contributed by atoms with Gasteiger partial charge in [-0.1, -0.05) is 0 Å². The first kappa shape index (κ1) is 16.0. The van der Waals surface area contributed by atoms with E-state index in [-0.39, 0.29) is 9.67 Å². The number of amides is 1. The molecule has 2 rings (SSSR count). The van der Waals surface area contributed by atoms with Gasteiger partial charge in [0.2, 0.25) is 10.7 Å². The van der Waals surface area contributed by atoms with Gasteiger partial charge in [0.25, 0.3) is 10.0 Å². The summed E-state index contributed by atoms with van der Waals surface area (Å²) in [5.41, 5.74) is 1.23. The summed E-state index contributed by atoms with van der Waals surface area (Å²) < 4.78 is 25.8. The summed E-state index contributed by atoms with van der Waals surface area (Å²) in [5.74, 6) is -0.173. The van der Waals surface area contributed by atoms with Crippen molar-refractivity contribution < 1.29 is 13.2 Å². The minimum absolute atomic E-state index is 0.0126. The van der Waals surface area contributed by atoms with Crippen molar-refractivity contribution >= 4 is 39.7 Å². The normalized spacial score (nSPS) is 11.0. The van der Waals surface area contributed by atoms with Gasteiger partial charge >= 0.3 is 0 Å². The summed E-state index contributed by atoms with van der Waals surface area (Å²) in [6, 6.07) is 5.85. The summed E-state index contributed by atoms with van der Waals surface area (Å²) in [5, 5.41) is 9.52. The molecular weight excluding hydrogens is 326 g/mol. The Bertz CT molecular complexity index is 859. The van der Waals surface area contributed by atoms with Crippen LogP contribution in [0.15, 0.2) is 29.2 Å². The smallest absolute Gasteiger partial charge is 0.264 e. The molecule has 1 amide bonds. The van der Waals surface area contributed by atoms with E-state index in [1.165, 1.54) is 12.1 Å². The zero-order chi connectivity index (χ0) is 16.3. The second-order valence-corrected chi connectivity index (χ2v) is 6.45. The second kappa shape index (κ2) is 6.20. The maximum Gasteiger partial charge on any atom is 0.264 e. The lowest BCUT2D eigenvalue weighted by atomic mass is 10.3. The number of carbonyl (C=O) groups excluding carboxylic acids is 1. The third kappa shape index (κ3) is 3.86. The zero-order valence-corrected chi connectivity index (χ0v) is 13.4. The van der Waals surface area contributed by atoms with Crippen LogP contribution in [0, 0.1) is 11.7 Å². The van der Waals surface area contributed by atoms with Gasteiger partial charge in [-0.25, -0.2) is 13.1 Å². The first-order chi connectivity index (χ1) is 10.3. The molecule has 0 fully saturated rings. The van der Waals surface area contributed by atoms with Crippen molar-refractivity contribution in [3.63, 3.8) is 0 Å². The number of anilines is 2. The number of benzene rings is 1. The minimum Gasteiger partial charge on any atom is -0.339 e. The van der Waals surface area contributed by atoms with Crippen LogP contribution in [0.25, 0.3) is 0 Å². The van der Waals surface area contributed by atoms with Crippen molar-refractivity contribution in [1.29, 1.82) is 0 Å². The second-order valence-electron chi connectivity index (χ2n) is 4.39. The number of aromatic nitrogens is 3. The van der Waals surface area contributed by atoms with E-state index in [2.05, 4.69) is 20.5 Å². The lowest BCUT2D eigenvalue weighted by molar-refractivity contribution is -0.117. The SMILES string of the molecule is CC(=O)NS(=O)(=O)c1ccc(Nc2nc(=S)[nH]nc2C)cc1. The molecule has 0 aliphatic rings. The highest BCUT2D eigenvalue weighted by atomic mass is 32.2. The van der Waals surface area contributed by atoms with Crippen LogP contribution in [-0.4, -0.2) is 29.5 Å². The predicted octanol–water partition coefficient (Wildman–Crippen LogP) is 1.41. The molecule has 0 bridgehead atoms. The molecule has 0 aliphatic heterocycles. The molecule has 0 atom stereocenters. The lowest BCUT2D eigenvalue weighted by Crippen LogP contribution is -2.28. The predicted molar refractivity (Wildman–Crippen MR) is 82.7 cm³/mol. The van der Waals surface area contributed by atoms with E-state index in [0.29, 0.717) is 17.2 Å². The average Bonchev–Trinajstić information content (AvgIpc) is 2.42. The maximum absolute atomic E-state index is 11.8. The summed E-state index contributed by atoms with van der Waals surface area (Å²) in [4.78, 5) is 15.0. The first-order valence-electron chi connectivity index (χ1n) is 6.12. The molecule has 0 radical (unpaired) electrons. The van der Waals surface area contributed by atoms with Gasteiger partial charge in [-0.2, -0.15) is 10.1 Å². The fourth-order valence-corrected chi connectivity index (χ4v) is 2.74. The highest BCUT2D eigenvalue weighted by Crippen LogP contribution is 2.18. The minimum atomic E-state index is -3.84. The number of hydrogen-bond donors (Lipinski definition) is 3. The standard InChI is InChI=1S/C12H13N5O3S2/c1-7-11(14-12(21)16-15-7)13-9-3-5-10(6-4-9)22(19,20)17-8(2)18/h3-6H,1-2H3,(H,17,18)(H2,13,14,16,21). The molecule has 22 heavy (non-hydrogen) atoms. The summed E-state index contributed by atoms with van der Waals surface area (Å²) in [7, 11) is -3.84. The van der Waals surface area contributed by atoms with Gasteiger partial charge in [-0.05, 0) is 43.4 Å². The molecule has 0 aliphatic carbocycles. The maximum atomic E-state index is 11.8. The van der Waals surface area contributed by atoms with E-state index in [1.807, 2.05) is 4.72 Å². The third-order valence-electron chi connectivity index (χ3n) is 2.58. The van der Waals surface area contributed by atoms with E-state index in [0.717, 1.165) is 6.92 Å². The average molecular weight is 339 g/mol. The number of carbonyl (C=O) groups is 1. The van der Waals surface area contributed by atoms with Gasteiger partial charge in [0.1, 0.15) is 5.69 Å². The Balaban J connectivity index is 2.24. The topological polar surface area (TPSA) is 117 Å². The Morgan fingerprint density at radius 2 is 1.91 bits per heavy atom. The molecule has 1 aromatic heterocycles. The molecule has 1 aromatic carbocycles. The Labute approximate surface area is 132 Å². The van der Waals surface area contributed by atoms with Crippen LogP contribution in [-0.2, 0) is 14.8 Å². The Kier molecular flexibility index (Phi) is 4.52. The van der Waals surface area contributed by atoms with E-state index in [9.17, 15) is 13.2 Å². The molecule has 0 spiro atoms. The van der Waals surface area contributed by atoms with Crippen LogP contribution in [0.3, 0.4) is 0 Å². The highest BCUT2D eigenvalue weighted by molar-refractivity contribution is 7.90. The number of rotatable bonds is 4. The Hall–Kier alpha value is -2.33. The van der Waals surface area contributed by atoms with Crippen molar-refractivity contribution in [2.24, 2.45) is 0 Å². The third-order valence-corrected chi connectivity index (χ3v) is 4.21. The Morgan fingerprint density at radius 3 is 2.50 bits per heavy atom. The molecule has 3 N–H and O–H groups in total. The van der Waals surface area contributed by atoms with Crippen LogP contribution >= 0.6 is 12.2 Å². The van der Waals surface area contributed by atoms with Gasteiger partial charge < -0.3 is 5.32 Å². The van der Waals surface area contributed by atoms with Crippen LogP contribution in [0.4, 0.5) is 11.5 Å². The fraction of sp³-hybridized carbons (Fsp3) is 0.167. The summed E-state index contributed by atoms with van der Waals surface area (Å²) in [6.45, 7) is 2.88. The molecule has 116 valence electrons. The van der Waals surface area contributed by atoms with Crippen molar-refractivity contribution in [3.8, 4) is 0 Å². The Morgan fingerprint density at radius 1 is 1.27 bits per heavy atom. The summed E-state index contributed by atoms with van der Waals surface area (Å²) in [6.07, 6.45) is 0. The number of sulfonamides is 1. The molecule has 8 nitrogen and oxygen atoms in total. The van der Waals surface area contributed by atoms with Crippen LogP contribution in [0.5, 0.6) is 0 Å². The number of nitrogens with zero attached hydrogens (tertiary/aromatic N) is 2. The number of aromatic amines is 1. The number of H-pyrrole nitrogens is 1. The van der Waals surface area contributed by atoms with Crippen LogP contribution < -0.4 is 10.0 Å². The largest absolute Gasteiger partial charge is 0.339 e. The molecule has 1 heterocycles. The fourth-order valence-electron chi connectivity index (χ4n) is 1.61. The summed E-state index contributed by atoms with van der Waals surface area (Å²) >= 11 is 4.90. The molecule has 0 unspecified atom stereocenters. The molecule has 10 heteroatoms. The van der Waals surface area contributed by atoms with Gasteiger partial charge in [0.05, 0.1) is 4.90 Å². The van der Waals surface area contributed by atoms with Crippen molar-refractivity contribution in [2.45, 2.75) is 18.7 Å². The van der Waals surface area contributed by atoms with Gasteiger partial charge in [-0.15, -0.1) is 0 Å². The van der Waals surface area contributed by atoms with Crippen LogP contribution in [0.1, 0.15) is 12.6 Å². The van der Waals surface area contributed by atoms with E-state index >= 15 is 0 Å². The molecule has 0 saturated heterocycles. The number of nitrogens with one attached hydrogen (secondary N) is 3. The van der Waals surface area contributed by atoms with Crippen molar-refractivity contribution in [1.82, 2.24) is 19.9 Å². The van der Waals surface area contributed by atoms with E-state index in [4.69, 9.17) is 12.2 Å². The van der Waals surface area contributed by atoms with Gasteiger partial charge in [-0.3, -0.25) is 9.89 Å². The molecular formula is C12H13N5O3S2. The zero-order valence-electron chi connectivity index (χ0n) is 11.7. The van der Waals surface area contributed by atoms with Crippen LogP contribution in [0.2, 0.25) is 0 Å². The van der Waals surface area contributed by atoms with E-state index in [1.54, 1.807) is 19.1 Å². The number of hydrogen-bond acceptors (Lipinski definition) is 7. The number of aryl methyl sites for hydroxylation is 1. The monoisotopic (exact) mass is 339 g/mol. The van der Waals surface area contributed by atoms with Gasteiger partial charge in [0, 0.05) is 12.6 Å². The quantitative estimate of drug-likeness (QED) is 0.721. The van der Waals surface area contributed by atoms with Crippen molar-refractivity contribution in [3.05, 3.63) is 34.7 Å². The lowest BCUT2D eigenvalue weighted by Gasteiger charge is -2.09. The highest BCUT2D eigenvalue weighted by Gasteiger charge is 2.15. The van der Waals surface area contributed by atoms with Crippen molar-refractivity contribution in [2.75, 3.05) is 5.32 Å². The van der Waals surface area contributed by atoms with E-state index < -0.39 is 15.9 Å². The molecule has 2 aromatic rings. The molecule has 0 saturated carbocycles. The van der Waals surface area contributed by atoms with Gasteiger partial charge in [0.15, 0.2) is 5.82 Å².